The van der Waals surface area contributed by atoms with Crippen molar-refractivity contribution in [2.45, 2.75) is 45.4 Å². The molecule has 4 heteroatoms. The van der Waals surface area contributed by atoms with Crippen LogP contribution < -0.4 is 5.73 Å². The van der Waals surface area contributed by atoms with Crippen LogP contribution in [0.3, 0.4) is 0 Å². The summed E-state index contributed by atoms with van der Waals surface area (Å²) < 4.78 is 5.95. The van der Waals surface area contributed by atoms with Crippen molar-refractivity contribution in [3.05, 3.63) is 28.2 Å². The molecule has 2 N–H and O–H groups in total. The highest BCUT2D eigenvalue weighted by Gasteiger charge is 2.12. The summed E-state index contributed by atoms with van der Waals surface area (Å²) in [6.07, 6.45) is 7.05. The van der Waals surface area contributed by atoms with Gasteiger partial charge in [0.25, 0.3) is 0 Å². The molecule has 1 aromatic rings. The zero-order valence-electron chi connectivity index (χ0n) is 11.5. The van der Waals surface area contributed by atoms with Gasteiger partial charge in [-0.1, -0.05) is 45.1 Å². The first kappa shape index (κ1) is 16.0. The summed E-state index contributed by atoms with van der Waals surface area (Å²) in [5, 5.41) is 0. The zero-order chi connectivity index (χ0) is 14.1. The largest absolute Gasteiger partial charge is 0.462 e. The maximum atomic E-state index is 11.8. The first-order valence-electron chi connectivity index (χ1n) is 6.88. The minimum atomic E-state index is -0.340. The number of hydrogen-bond donors (Lipinski definition) is 1. The van der Waals surface area contributed by atoms with Crippen LogP contribution in [0.4, 0.5) is 5.69 Å². The fourth-order valence-electron chi connectivity index (χ4n) is 1.84. The van der Waals surface area contributed by atoms with Gasteiger partial charge in [0, 0.05) is 4.47 Å². The van der Waals surface area contributed by atoms with Crippen molar-refractivity contribution in [3.63, 3.8) is 0 Å². The van der Waals surface area contributed by atoms with Crippen molar-refractivity contribution < 1.29 is 9.53 Å². The molecule has 1 aromatic carbocycles. The molecular weight excluding hydrogens is 306 g/mol. The number of anilines is 1. The van der Waals surface area contributed by atoms with E-state index in [0.29, 0.717) is 17.9 Å². The molecule has 0 radical (unpaired) electrons. The molecule has 0 aliphatic rings. The van der Waals surface area contributed by atoms with E-state index in [4.69, 9.17) is 10.5 Å². The predicted molar refractivity (Wildman–Crippen MR) is 82.2 cm³/mol. The van der Waals surface area contributed by atoms with E-state index >= 15 is 0 Å². The van der Waals surface area contributed by atoms with Gasteiger partial charge in [0.1, 0.15) is 0 Å². The average Bonchev–Trinajstić information content (AvgIpc) is 2.40. The normalized spacial score (nSPS) is 10.4. The molecule has 19 heavy (non-hydrogen) atoms. The third-order valence-electron chi connectivity index (χ3n) is 3.00. The third kappa shape index (κ3) is 5.64. The standard InChI is InChI=1S/C15H22BrNO2/c1-2-3-4-5-6-7-11-19-15(18)12-9-8-10-13(16)14(12)17/h8-10H,2-7,11,17H2,1H3. The molecule has 0 saturated carbocycles. The zero-order valence-corrected chi connectivity index (χ0v) is 13.0. The van der Waals surface area contributed by atoms with Crippen molar-refractivity contribution in [1.82, 2.24) is 0 Å². The summed E-state index contributed by atoms with van der Waals surface area (Å²) in [5.41, 5.74) is 6.69. The number of carbonyl (C=O) groups is 1. The number of nitrogen functional groups attached to an aromatic ring is 1. The average molecular weight is 328 g/mol. The van der Waals surface area contributed by atoms with Crippen LogP contribution in [0.15, 0.2) is 22.7 Å². The Bertz CT molecular complexity index is 407. The molecule has 0 aliphatic carbocycles. The molecule has 0 unspecified atom stereocenters. The number of unbranched alkanes of at least 4 members (excludes halogenated alkanes) is 5. The van der Waals surface area contributed by atoms with Gasteiger partial charge in [-0.15, -0.1) is 0 Å². The molecule has 1 rings (SSSR count). The van der Waals surface area contributed by atoms with E-state index in [1.165, 1.54) is 25.7 Å². The minimum Gasteiger partial charge on any atom is -0.462 e. The van der Waals surface area contributed by atoms with E-state index in [1.807, 2.05) is 0 Å². The number of esters is 1. The molecule has 0 amide bonds. The smallest absolute Gasteiger partial charge is 0.340 e. The van der Waals surface area contributed by atoms with Crippen molar-refractivity contribution in [3.8, 4) is 0 Å². The predicted octanol–water partition coefficient (Wildman–Crippen LogP) is 4.55. The highest BCUT2D eigenvalue weighted by molar-refractivity contribution is 9.10. The molecule has 3 nitrogen and oxygen atoms in total. The molecule has 0 heterocycles. The van der Waals surface area contributed by atoms with Gasteiger partial charge < -0.3 is 10.5 Å². The van der Waals surface area contributed by atoms with Gasteiger partial charge >= 0.3 is 5.97 Å². The Hall–Kier alpha value is -1.03. The number of rotatable bonds is 8. The van der Waals surface area contributed by atoms with Crippen LogP contribution in [0.1, 0.15) is 55.8 Å². The molecular formula is C15H22BrNO2. The number of ether oxygens (including phenoxy) is 1. The lowest BCUT2D eigenvalue weighted by Crippen LogP contribution is -2.09. The van der Waals surface area contributed by atoms with Crippen molar-refractivity contribution in [2.24, 2.45) is 0 Å². The molecule has 0 saturated heterocycles. The van der Waals surface area contributed by atoms with E-state index in [0.717, 1.165) is 17.3 Å². The first-order valence-corrected chi connectivity index (χ1v) is 7.67. The number of nitrogens with two attached hydrogens (primary N) is 1. The Kier molecular flexibility index (Phi) is 7.56. The molecule has 106 valence electrons. The number of para-hydroxylation sites is 1. The monoisotopic (exact) mass is 327 g/mol. The van der Waals surface area contributed by atoms with Gasteiger partial charge in [0.2, 0.25) is 0 Å². The fraction of sp³-hybridized carbons (Fsp3) is 0.533. The van der Waals surface area contributed by atoms with Crippen LogP contribution >= 0.6 is 15.9 Å². The van der Waals surface area contributed by atoms with Crippen molar-refractivity contribution in [2.75, 3.05) is 12.3 Å². The van der Waals surface area contributed by atoms with Crippen LogP contribution in [-0.4, -0.2) is 12.6 Å². The maximum Gasteiger partial charge on any atom is 0.340 e. The summed E-state index contributed by atoms with van der Waals surface area (Å²) in [7, 11) is 0. The van der Waals surface area contributed by atoms with Crippen LogP contribution in [-0.2, 0) is 4.74 Å². The Labute approximate surface area is 123 Å². The SMILES string of the molecule is CCCCCCCCOC(=O)c1cccc(Br)c1N. The summed E-state index contributed by atoms with van der Waals surface area (Å²) in [4.78, 5) is 11.8. The number of carbonyl (C=O) groups excluding carboxylic acids is 1. The molecule has 0 bridgehead atoms. The van der Waals surface area contributed by atoms with Crippen LogP contribution in [0.5, 0.6) is 0 Å². The van der Waals surface area contributed by atoms with E-state index in [2.05, 4.69) is 22.9 Å². The van der Waals surface area contributed by atoms with Gasteiger partial charge in [-0.05, 0) is 34.5 Å². The summed E-state index contributed by atoms with van der Waals surface area (Å²) >= 11 is 3.30. The van der Waals surface area contributed by atoms with Gasteiger partial charge in [-0.2, -0.15) is 0 Å². The van der Waals surface area contributed by atoms with Gasteiger partial charge in [0.15, 0.2) is 0 Å². The topological polar surface area (TPSA) is 52.3 Å². The highest BCUT2D eigenvalue weighted by atomic mass is 79.9. The fourth-order valence-corrected chi connectivity index (χ4v) is 2.21. The lowest BCUT2D eigenvalue weighted by Gasteiger charge is -2.08. The molecule has 0 fully saturated rings. The third-order valence-corrected chi connectivity index (χ3v) is 3.70. The van der Waals surface area contributed by atoms with Crippen LogP contribution in [0, 0.1) is 0 Å². The Balaban J connectivity index is 2.26. The lowest BCUT2D eigenvalue weighted by atomic mass is 10.1. The maximum absolute atomic E-state index is 11.8. The van der Waals surface area contributed by atoms with E-state index in [-0.39, 0.29) is 5.97 Å². The summed E-state index contributed by atoms with van der Waals surface area (Å²) in [6.45, 7) is 2.67. The molecule has 0 spiro atoms. The lowest BCUT2D eigenvalue weighted by molar-refractivity contribution is 0.0499. The van der Waals surface area contributed by atoms with Gasteiger partial charge in [-0.3, -0.25) is 0 Å². The second-order valence-electron chi connectivity index (χ2n) is 4.60. The second kappa shape index (κ2) is 8.97. The number of halogens is 1. The highest BCUT2D eigenvalue weighted by Crippen LogP contribution is 2.23. The van der Waals surface area contributed by atoms with E-state index in [9.17, 15) is 4.79 Å². The van der Waals surface area contributed by atoms with Crippen molar-refractivity contribution in [1.29, 1.82) is 0 Å². The Morgan fingerprint density at radius 2 is 1.89 bits per heavy atom. The Morgan fingerprint density at radius 1 is 1.21 bits per heavy atom. The minimum absolute atomic E-state index is 0.340. The summed E-state index contributed by atoms with van der Waals surface area (Å²) in [5.74, 6) is -0.340. The van der Waals surface area contributed by atoms with Crippen LogP contribution in [0.25, 0.3) is 0 Å². The molecule has 0 aromatic heterocycles. The van der Waals surface area contributed by atoms with Gasteiger partial charge in [-0.25, -0.2) is 4.79 Å². The Morgan fingerprint density at radius 3 is 2.63 bits per heavy atom. The number of hydrogen-bond acceptors (Lipinski definition) is 3. The second-order valence-corrected chi connectivity index (χ2v) is 5.46. The molecule has 0 atom stereocenters. The first-order chi connectivity index (χ1) is 9.16. The quantitative estimate of drug-likeness (QED) is 0.433. The van der Waals surface area contributed by atoms with E-state index < -0.39 is 0 Å². The van der Waals surface area contributed by atoms with Crippen LogP contribution in [0.2, 0.25) is 0 Å². The van der Waals surface area contributed by atoms with Gasteiger partial charge in [0.05, 0.1) is 17.9 Å². The van der Waals surface area contributed by atoms with Crippen molar-refractivity contribution >= 4 is 27.6 Å². The number of benzene rings is 1. The van der Waals surface area contributed by atoms with E-state index in [1.54, 1.807) is 18.2 Å². The molecule has 0 aliphatic heterocycles. The summed E-state index contributed by atoms with van der Waals surface area (Å²) in [6, 6.07) is 5.27.